The predicted molar refractivity (Wildman–Crippen MR) is 52.2 cm³/mol. The number of carbonyl (C=O) groups is 1. The van der Waals surface area contributed by atoms with Gasteiger partial charge in [0.25, 0.3) is 5.56 Å². The lowest BCUT2D eigenvalue weighted by Gasteiger charge is -2.01. The van der Waals surface area contributed by atoms with E-state index in [4.69, 9.17) is 5.11 Å². The number of H-pyrrole nitrogens is 1. The summed E-state index contributed by atoms with van der Waals surface area (Å²) in [6.07, 6.45) is -1.71. The number of fused-ring (bicyclic) bond motifs is 1. The van der Waals surface area contributed by atoms with Crippen molar-refractivity contribution in [1.82, 2.24) is 9.55 Å². The highest BCUT2D eigenvalue weighted by molar-refractivity contribution is 5.80. The van der Waals surface area contributed by atoms with Crippen LogP contribution >= 0.6 is 0 Å². The minimum atomic E-state index is -1.71. The highest BCUT2D eigenvalue weighted by Gasteiger charge is 2.14. The van der Waals surface area contributed by atoms with Gasteiger partial charge >= 0.3 is 11.8 Å². The highest BCUT2D eigenvalue weighted by Crippen LogP contribution is 2.09. The number of carboxylic acid groups (broad SMARTS) is 1. The van der Waals surface area contributed by atoms with Crippen LogP contribution < -0.4 is 11.2 Å². The molecule has 2 aromatic rings. The summed E-state index contributed by atoms with van der Waals surface area (Å²) in [5.74, 6) is -0.788. The van der Waals surface area contributed by atoms with Crippen molar-refractivity contribution in [1.29, 1.82) is 0 Å². The largest absolute Gasteiger partial charge is 0.464 e. The number of hydrogen-bond donors (Lipinski definition) is 2. The van der Waals surface area contributed by atoms with E-state index in [0.29, 0.717) is 0 Å². The van der Waals surface area contributed by atoms with E-state index in [-0.39, 0.29) is 15.5 Å². The molecule has 2 N–H and O–H groups in total. The first-order valence-electron chi connectivity index (χ1n) is 4.19. The molecule has 0 radical (unpaired) electrons. The minimum Gasteiger partial charge on any atom is -0.464 e. The monoisotopic (exact) mass is 224 g/mol. The third-order valence-corrected chi connectivity index (χ3v) is 2.07. The summed E-state index contributed by atoms with van der Waals surface area (Å²) < 4.78 is 13.2. The maximum Gasteiger partial charge on any atom is 0.422 e. The maximum atomic E-state index is 13.2. The molecule has 1 aromatic heterocycles. The van der Waals surface area contributed by atoms with Gasteiger partial charge in [-0.2, -0.15) is 4.57 Å². The molecule has 0 atom stereocenters. The summed E-state index contributed by atoms with van der Waals surface area (Å²) in [5, 5.41) is 8.43. The van der Waals surface area contributed by atoms with Crippen molar-refractivity contribution in [2.45, 2.75) is 0 Å². The molecule has 16 heavy (non-hydrogen) atoms. The van der Waals surface area contributed by atoms with Crippen LogP contribution in [0.15, 0.2) is 27.8 Å². The molecule has 0 aliphatic carbocycles. The Morgan fingerprint density at radius 1 is 1.38 bits per heavy atom. The van der Waals surface area contributed by atoms with E-state index in [9.17, 15) is 18.8 Å². The Balaban J connectivity index is 3.07. The second-order valence-corrected chi connectivity index (χ2v) is 3.02. The molecular weight excluding hydrogens is 219 g/mol. The van der Waals surface area contributed by atoms with Crippen molar-refractivity contribution in [2.75, 3.05) is 0 Å². The minimum absolute atomic E-state index is 0.0121. The third kappa shape index (κ3) is 1.29. The summed E-state index contributed by atoms with van der Waals surface area (Å²) in [5.41, 5.74) is -2.55. The molecule has 82 valence electrons. The van der Waals surface area contributed by atoms with Crippen molar-refractivity contribution in [3.8, 4) is 0 Å². The number of aromatic nitrogens is 2. The Hall–Kier alpha value is -2.44. The molecule has 0 fully saturated rings. The van der Waals surface area contributed by atoms with Gasteiger partial charge in [0.1, 0.15) is 5.82 Å². The number of benzene rings is 1. The lowest BCUT2D eigenvalue weighted by molar-refractivity contribution is 0.194. The Morgan fingerprint density at radius 2 is 2.06 bits per heavy atom. The van der Waals surface area contributed by atoms with Crippen molar-refractivity contribution < 1.29 is 14.3 Å². The van der Waals surface area contributed by atoms with Gasteiger partial charge in [-0.3, -0.25) is 4.79 Å². The fourth-order valence-electron chi connectivity index (χ4n) is 1.38. The quantitative estimate of drug-likeness (QED) is 0.675. The first-order chi connectivity index (χ1) is 7.52. The second-order valence-electron chi connectivity index (χ2n) is 3.02. The lowest BCUT2D eigenvalue weighted by Crippen LogP contribution is -2.39. The van der Waals surface area contributed by atoms with E-state index < -0.39 is 23.2 Å². The third-order valence-electron chi connectivity index (χ3n) is 2.07. The zero-order valence-corrected chi connectivity index (χ0v) is 7.73. The maximum absolute atomic E-state index is 13.2. The van der Waals surface area contributed by atoms with Gasteiger partial charge < -0.3 is 10.1 Å². The Labute approximate surface area is 86.6 Å². The molecule has 1 aromatic carbocycles. The van der Waals surface area contributed by atoms with Gasteiger partial charge in [-0.05, 0) is 12.1 Å². The van der Waals surface area contributed by atoms with E-state index in [0.717, 1.165) is 6.07 Å². The van der Waals surface area contributed by atoms with Gasteiger partial charge in [0, 0.05) is 0 Å². The van der Waals surface area contributed by atoms with Crippen LogP contribution in [0.4, 0.5) is 9.18 Å². The molecule has 7 heteroatoms. The van der Waals surface area contributed by atoms with E-state index in [1.165, 1.54) is 12.1 Å². The summed E-state index contributed by atoms with van der Waals surface area (Å²) >= 11 is 0. The van der Waals surface area contributed by atoms with Crippen LogP contribution in [0.3, 0.4) is 0 Å². The normalized spacial score (nSPS) is 10.6. The van der Waals surface area contributed by atoms with Crippen molar-refractivity contribution in [3.63, 3.8) is 0 Å². The summed E-state index contributed by atoms with van der Waals surface area (Å²) in [6, 6.07) is 3.54. The van der Waals surface area contributed by atoms with Gasteiger partial charge in [0.15, 0.2) is 0 Å². The van der Waals surface area contributed by atoms with Gasteiger partial charge in [-0.1, -0.05) is 6.07 Å². The number of hydrogen-bond acceptors (Lipinski definition) is 3. The topological polar surface area (TPSA) is 92.2 Å². The van der Waals surface area contributed by atoms with Crippen LogP contribution in [0, 0.1) is 5.82 Å². The molecule has 0 bridgehead atoms. The van der Waals surface area contributed by atoms with Gasteiger partial charge in [0.2, 0.25) is 0 Å². The number of nitrogens with one attached hydrogen (secondary N) is 1. The van der Waals surface area contributed by atoms with Crippen LogP contribution in [-0.2, 0) is 0 Å². The zero-order valence-electron chi connectivity index (χ0n) is 7.73. The average molecular weight is 224 g/mol. The predicted octanol–water partition coefficient (Wildman–Crippen LogP) is 0.355. The van der Waals surface area contributed by atoms with Gasteiger partial charge in [-0.25, -0.2) is 14.0 Å². The molecule has 0 spiro atoms. The molecule has 0 saturated heterocycles. The van der Waals surface area contributed by atoms with Crippen LogP contribution in [0.25, 0.3) is 10.9 Å². The number of nitrogens with zero attached hydrogens (tertiary/aromatic N) is 1. The number of halogens is 1. The highest BCUT2D eigenvalue weighted by atomic mass is 19.1. The smallest absolute Gasteiger partial charge is 0.422 e. The first-order valence-corrected chi connectivity index (χ1v) is 4.19. The van der Waals surface area contributed by atoms with Crippen LogP contribution in [0.5, 0.6) is 0 Å². The fraction of sp³-hybridized carbons (Fsp3) is 0. The average Bonchev–Trinajstić information content (AvgIpc) is 2.19. The number of rotatable bonds is 0. The molecule has 6 nitrogen and oxygen atoms in total. The lowest BCUT2D eigenvalue weighted by atomic mass is 10.2. The van der Waals surface area contributed by atoms with Gasteiger partial charge in [0.05, 0.1) is 10.9 Å². The Morgan fingerprint density at radius 3 is 2.69 bits per heavy atom. The summed E-state index contributed by atoms with van der Waals surface area (Å²) in [7, 11) is 0. The molecule has 0 aliphatic rings. The van der Waals surface area contributed by atoms with Gasteiger partial charge in [-0.15, -0.1) is 0 Å². The Bertz CT molecular complexity index is 701. The van der Waals surface area contributed by atoms with Crippen LogP contribution in [0.2, 0.25) is 0 Å². The fourth-order valence-corrected chi connectivity index (χ4v) is 1.38. The molecule has 0 saturated carbocycles. The molecule has 1 heterocycles. The molecule has 2 rings (SSSR count). The number of aromatic amines is 1. The molecule has 0 amide bonds. The van der Waals surface area contributed by atoms with Crippen molar-refractivity contribution in [2.24, 2.45) is 0 Å². The second kappa shape index (κ2) is 3.30. The molecule has 0 unspecified atom stereocenters. The van der Waals surface area contributed by atoms with E-state index >= 15 is 0 Å². The van der Waals surface area contributed by atoms with Crippen LogP contribution in [0.1, 0.15) is 0 Å². The van der Waals surface area contributed by atoms with Crippen LogP contribution in [-0.4, -0.2) is 20.8 Å². The molecular formula is C9H5FN2O4. The first kappa shape index (κ1) is 10.1. The summed E-state index contributed by atoms with van der Waals surface area (Å²) in [6.45, 7) is 0. The summed E-state index contributed by atoms with van der Waals surface area (Å²) in [4.78, 5) is 35.4. The van der Waals surface area contributed by atoms with E-state index in [2.05, 4.69) is 0 Å². The van der Waals surface area contributed by atoms with E-state index in [1.54, 1.807) is 0 Å². The van der Waals surface area contributed by atoms with Crippen molar-refractivity contribution >= 4 is 17.0 Å². The SMILES string of the molecule is O=C(O)n1c(=O)[nH]c2c(F)cccc2c1=O. The number of para-hydroxylation sites is 1. The molecule has 0 aliphatic heterocycles. The standard InChI is InChI=1S/C9H5FN2O4/c10-5-3-1-2-4-6(5)11-8(14)12(7(4)13)9(15)16/h1-3H,(H,11,14)(H,15,16). The Kier molecular flexibility index (Phi) is 2.08. The van der Waals surface area contributed by atoms with E-state index in [1.807, 2.05) is 4.98 Å². The zero-order chi connectivity index (χ0) is 11.9. The van der Waals surface area contributed by atoms with Crippen molar-refractivity contribution in [3.05, 3.63) is 44.9 Å².